The lowest BCUT2D eigenvalue weighted by molar-refractivity contribution is -0.118. The molecule has 0 atom stereocenters. The van der Waals surface area contributed by atoms with Crippen molar-refractivity contribution in [3.8, 4) is 11.5 Å². The molecule has 1 N–H and O–H groups in total. The lowest BCUT2D eigenvalue weighted by Gasteiger charge is -2.08. The van der Waals surface area contributed by atoms with E-state index in [2.05, 4.69) is 10.4 Å². The smallest absolute Gasteiger partial charge is 0.344 e. The molecule has 0 saturated carbocycles. The molecule has 1 heterocycles. The predicted molar refractivity (Wildman–Crippen MR) is 67.4 cm³/mol. The number of carbonyl (C=O) groups excluding carboxylic acids is 2. The largest absolute Gasteiger partial charge is 0.497 e. The van der Waals surface area contributed by atoms with Crippen LogP contribution in [0.5, 0.6) is 11.5 Å². The van der Waals surface area contributed by atoms with Gasteiger partial charge in [0, 0.05) is 11.6 Å². The maximum Gasteiger partial charge on any atom is 0.344 e. The Balaban J connectivity index is 2.18. The number of hydrazone groups is 1. The number of methoxy groups -OCH3 is 2. The van der Waals surface area contributed by atoms with Gasteiger partial charge in [-0.1, -0.05) is 0 Å². The molecule has 0 radical (unpaired) electrons. The first kappa shape index (κ1) is 12.9. The fourth-order valence-corrected chi connectivity index (χ4v) is 1.58. The van der Waals surface area contributed by atoms with Gasteiger partial charge in [0.2, 0.25) is 5.91 Å². The summed E-state index contributed by atoms with van der Waals surface area (Å²) in [7, 11) is 3.08. The van der Waals surface area contributed by atoms with E-state index in [-0.39, 0.29) is 12.5 Å². The Morgan fingerprint density at radius 2 is 2.11 bits per heavy atom. The highest BCUT2D eigenvalue weighted by Gasteiger charge is 2.25. The molecule has 2 rings (SSSR count). The van der Waals surface area contributed by atoms with Crippen LogP contribution in [0.1, 0.15) is 5.56 Å². The molecule has 7 heteroatoms. The summed E-state index contributed by atoms with van der Waals surface area (Å²) in [5.74, 6) is 0.848. The molecule has 1 aromatic carbocycles. The second kappa shape index (κ2) is 5.38. The number of nitrogens with one attached hydrogen (secondary N) is 1. The van der Waals surface area contributed by atoms with E-state index in [0.717, 1.165) is 5.01 Å². The van der Waals surface area contributed by atoms with Gasteiger partial charge in [-0.3, -0.25) is 10.1 Å². The molecule has 3 amide bonds. The highest BCUT2D eigenvalue weighted by Crippen LogP contribution is 2.23. The Morgan fingerprint density at radius 3 is 2.68 bits per heavy atom. The SMILES string of the molecule is COc1ccc(/C=N/N2CC(=O)NC2=O)c(OC)c1. The zero-order chi connectivity index (χ0) is 13.8. The molecular weight excluding hydrogens is 250 g/mol. The van der Waals surface area contributed by atoms with Gasteiger partial charge in [-0.15, -0.1) is 0 Å². The summed E-state index contributed by atoms with van der Waals surface area (Å²) in [5.41, 5.74) is 0.676. The first-order valence-electron chi connectivity index (χ1n) is 5.51. The van der Waals surface area contributed by atoms with Crippen molar-refractivity contribution in [2.45, 2.75) is 0 Å². The minimum Gasteiger partial charge on any atom is -0.497 e. The van der Waals surface area contributed by atoms with Crippen LogP contribution in [0.3, 0.4) is 0 Å². The fraction of sp³-hybridized carbons (Fsp3) is 0.250. The van der Waals surface area contributed by atoms with Crippen molar-refractivity contribution >= 4 is 18.2 Å². The first-order valence-corrected chi connectivity index (χ1v) is 5.51. The van der Waals surface area contributed by atoms with Crippen LogP contribution in [0.15, 0.2) is 23.3 Å². The van der Waals surface area contributed by atoms with Gasteiger partial charge in [0.05, 0.1) is 20.4 Å². The molecule has 19 heavy (non-hydrogen) atoms. The maximum absolute atomic E-state index is 11.3. The molecule has 1 aliphatic rings. The number of urea groups is 1. The van der Waals surface area contributed by atoms with E-state index in [1.807, 2.05) is 0 Å². The number of ether oxygens (including phenoxy) is 2. The van der Waals surface area contributed by atoms with Gasteiger partial charge in [0.15, 0.2) is 0 Å². The highest BCUT2D eigenvalue weighted by atomic mass is 16.5. The predicted octanol–water partition coefficient (Wildman–Crippen LogP) is 0.589. The number of benzene rings is 1. The number of hydrogen-bond donors (Lipinski definition) is 1. The quantitative estimate of drug-likeness (QED) is 0.637. The Bertz CT molecular complexity index is 542. The molecule has 100 valence electrons. The number of nitrogens with zero attached hydrogens (tertiary/aromatic N) is 2. The Labute approximate surface area is 109 Å². The van der Waals surface area contributed by atoms with Gasteiger partial charge in [0.1, 0.15) is 18.0 Å². The Morgan fingerprint density at radius 1 is 1.32 bits per heavy atom. The molecule has 1 aromatic rings. The Kier molecular flexibility index (Phi) is 3.65. The topological polar surface area (TPSA) is 80.2 Å². The molecule has 0 aliphatic carbocycles. The van der Waals surface area contributed by atoms with E-state index in [4.69, 9.17) is 9.47 Å². The monoisotopic (exact) mass is 263 g/mol. The Hall–Kier alpha value is -2.57. The molecule has 0 bridgehead atoms. The molecule has 1 fully saturated rings. The van der Waals surface area contributed by atoms with Crippen molar-refractivity contribution in [1.29, 1.82) is 0 Å². The number of rotatable bonds is 4. The second-order valence-electron chi connectivity index (χ2n) is 3.76. The summed E-state index contributed by atoms with van der Waals surface area (Å²) >= 11 is 0. The molecule has 7 nitrogen and oxygen atoms in total. The molecule has 1 aliphatic heterocycles. The van der Waals surface area contributed by atoms with Crippen LogP contribution in [-0.2, 0) is 4.79 Å². The van der Waals surface area contributed by atoms with Gasteiger partial charge in [-0.05, 0) is 12.1 Å². The van der Waals surface area contributed by atoms with Gasteiger partial charge in [-0.25, -0.2) is 9.80 Å². The minimum atomic E-state index is -0.534. The van der Waals surface area contributed by atoms with Crippen LogP contribution in [0.4, 0.5) is 4.79 Å². The average Bonchev–Trinajstić information content (AvgIpc) is 2.74. The fourth-order valence-electron chi connectivity index (χ4n) is 1.58. The highest BCUT2D eigenvalue weighted by molar-refractivity contribution is 6.02. The van der Waals surface area contributed by atoms with Crippen LogP contribution in [-0.4, -0.2) is 43.9 Å². The molecule has 0 spiro atoms. The van der Waals surface area contributed by atoms with E-state index in [1.54, 1.807) is 25.3 Å². The third kappa shape index (κ3) is 2.82. The van der Waals surface area contributed by atoms with Crippen LogP contribution in [0.2, 0.25) is 0 Å². The average molecular weight is 263 g/mol. The normalized spacial score (nSPS) is 14.9. The molecule has 0 aromatic heterocycles. The van der Waals surface area contributed by atoms with Crippen molar-refractivity contribution in [2.24, 2.45) is 5.10 Å². The summed E-state index contributed by atoms with van der Waals surface area (Å²) in [6, 6.07) is 4.67. The van der Waals surface area contributed by atoms with Crippen LogP contribution in [0.25, 0.3) is 0 Å². The van der Waals surface area contributed by atoms with Gasteiger partial charge < -0.3 is 9.47 Å². The third-order valence-electron chi connectivity index (χ3n) is 2.55. The van der Waals surface area contributed by atoms with Crippen LogP contribution < -0.4 is 14.8 Å². The lowest BCUT2D eigenvalue weighted by Crippen LogP contribution is -2.24. The van der Waals surface area contributed by atoms with E-state index in [0.29, 0.717) is 17.1 Å². The number of hydrogen-bond acceptors (Lipinski definition) is 5. The lowest BCUT2D eigenvalue weighted by atomic mass is 10.2. The van der Waals surface area contributed by atoms with E-state index in [9.17, 15) is 9.59 Å². The van der Waals surface area contributed by atoms with Crippen molar-refractivity contribution in [3.63, 3.8) is 0 Å². The summed E-state index contributed by atoms with van der Waals surface area (Å²) in [4.78, 5) is 22.3. The van der Waals surface area contributed by atoms with E-state index >= 15 is 0 Å². The van der Waals surface area contributed by atoms with Crippen LogP contribution >= 0.6 is 0 Å². The first-order chi connectivity index (χ1) is 9.13. The number of amides is 3. The summed E-state index contributed by atoms with van der Waals surface area (Å²) in [6.07, 6.45) is 1.45. The summed E-state index contributed by atoms with van der Waals surface area (Å²) in [5, 5.41) is 7.12. The second-order valence-corrected chi connectivity index (χ2v) is 3.76. The third-order valence-corrected chi connectivity index (χ3v) is 2.55. The standard InChI is InChI=1S/C12H13N3O4/c1-18-9-4-3-8(10(5-9)19-2)6-13-15-7-11(16)14-12(15)17/h3-6H,7H2,1-2H3,(H,14,16,17)/b13-6+. The van der Waals surface area contributed by atoms with Crippen molar-refractivity contribution in [1.82, 2.24) is 10.3 Å². The van der Waals surface area contributed by atoms with Gasteiger partial charge >= 0.3 is 6.03 Å². The number of imide groups is 1. The zero-order valence-electron chi connectivity index (χ0n) is 10.5. The van der Waals surface area contributed by atoms with Crippen molar-refractivity contribution < 1.29 is 19.1 Å². The minimum absolute atomic E-state index is 0.0756. The van der Waals surface area contributed by atoms with E-state index < -0.39 is 6.03 Å². The maximum atomic E-state index is 11.3. The summed E-state index contributed by atoms with van der Waals surface area (Å²) < 4.78 is 10.3. The van der Waals surface area contributed by atoms with Crippen molar-refractivity contribution in [2.75, 3.05) is 20.8 Å². The zero-order valence-corrected chi connectivity index (χ0v) is 10.5. The van der Waals surface area contributed by atoms with Gasteiger partial charge in [-0.2, -0.15) is 5.10 Å². The van der Waals surface area contributed by atoms with Gasteiger partial charge in [0.25, 0.3) is 0 Å². The summed E-state index contributed by atoms with van der Waals surface area (Å²) in [6.45, 7) is -0.0756. The molecule has 0 unspecified atom stereocenters. The molecular formula is C12H13N3O4. The molecule has 1 saturated heterocycles. The number of carbonyl (C=O) groups is 2. The van der Waals surface area contributed by atoms with Crippen LogP contribution in [0, 0.1) is 0 Å². The van der Waals surface area contributed by atoms with E-state index in [1.165, 1.54) is 13.3 Å². The van der Waals surface area contributed by atoms with Crippen molar-refractivity contribution in [3.05, 3.63) is 23.8 Å².